The van der Waals surface area contributed by atoms with E-state index in [1.165, 1.54) is 4.80 Å². The van der Waals surface area contributed by atoms with Crippen molar-refractivity contribution in [1.29, 1.82) is 0 Å². The number of aromatic hydroxyl groups is 1. The number of fused-ring (bicyclic) bond motifs is 1. The summed E-state index contributed by atoms with van der Waals surface area (Å²) in [7, 11) is 3.16. The van der Waals surface area contributed by atoms with Crippen molar-refractivity contribution in [2.45, 2.75) is 0 Å². The lowest BCUT2D eigenvalue weighted by Gasteiger charge is -2.05. The first-order valence-corrected chi connectivity index (χ1v) is 6.00. The fraction of sp³-hybridized carbons (Fsp3) is 0.143. The molecule has 0 amide bonds. The molecular formula is C14H13N3O3. The summed E-state index contributed by atoms with van der Waals surface area (Å²) < 4.78 is 10.3. The van der Waals surface area contributed by atoms with Crippen LogP contribution in [0.25, 0.3) is 16.7 Å². The molecule has 2 aromatic carbocycles. The monoisotopic (exact) mass is 271 g/mol. The van der Waals surface area contributed by atoms with Crippen LogP contribution in [0.3, 0.4) is 0 Å². The Morgan fingerprint density at radius 3 is 2.30 bits per heavy atom. The van der Waals surface area contributed by atoms with E-state index in [1.807, 2.05) is 12.1 Å². The number of methoxy groups -OCH3 is 2. The van der Waals surface area contributed by atoms with Crippen molar-refractivity contribution in [2.24, 2.45) is 0 Å². The molecule has 1 heterocycles. The van der Waals surface area contributed by atoms with Crippen LogP contribution in [0.15, 0.2) is 36.4 Å². The molecular weight excluding hydrogens is 258 g/mol. The summed E-state index contributed by atoms with van der Waals surface area (Å²) in [6.45, 7) is 0. The normalized spacial score (nSPS) is 10.7. The number of phenolic OH excluding ortho intramolecular Hbond substituents is 1. The van der Waals surface area contributed by atoms with Crippen LogP contribution in [0.1, 0.15) is 0 Å². The summed E-state index contributed by atoms with van der Waals surface area (Å²) in [4.78, 5) is 1.38. The molecule has 6 nitrogen and oxygen atoms in total. The lowest BCUT2D eigenvalue weighted by molar-refractivity contribution is 0.411. The topological polar surface area (TPSA) is 69.4 Å². The number of ether oxygens (including phenoxy) is 2. The molecule has 0 fully saturated rings. The predicted octanol–water partition coefficient (Wildman–Crippen LogP) is 2.14. The van der Waals surface area contributed by atoms with Gasteiger partial charge in [0, 0.05) is 12.1 Å². The third-order valence-electron chi connectivity index (χ3n) is 2.99. The standard InChI is InChI=1S/C14H13N3O3/c1-19-9-3-5-11-12(7-9)16-17(15-11)13-8-10(20-2)4-6-14(13)18/h3-8,18H,1-2H3. The fourth-order valence-electron chi connectivity index (χ4n) is 1.92. The van der Waals surface area contributed by atoms with Gasteiger partial charge < -0.3 is 14.6 Å². The van der Waals surface area contributed by atoms with Crippen LogP contribution in [-0.2, 0) is 0 Å². The third-order valence-corrected chi connectivity index (χ3v) is 2.99. The Balaban J connectivity index is 2.14. The van der Waals surface area contributed by atoms with Crippen LogP contribution >= 0.6 is 0 Å². The van der Waals surface area contributed by atoms with E-state index < -0.39 is 0 Å². The lowest BCUT2D eigenvalue weighted by Crippen LogP contribution is -1.99. The summed E-state index contributed by atoms with van der Waals surface area (Å²) in [6, 6.07) is 10.3. The number of aromatic nitrogens is 3. The van der Waals surface area contributed by atoms with Gasteiger partial charge in [0.1, 0.15) is 34.0 Å². The number of rotatable bonds is 3. The van der Waals surface area contributed by atoms with E-state index in [-0.39, 0.29) is 5.75 Å². The zero-order chi connectivity index (χ0) is 14.1. The highest BCUT2D eigenvalue weighted by molar-refractivity contribution is 5.75. The summed E-state index contributed by atoms with van der Waals surface area (Å²) in [5.41, 5.74) is 1.86. The quantitative estimate of drug-likeness (QED) is 0.790. The number of hydrogen-bond acceptors (Lipinski definition) is 5. The molecule has 0 spiro atoms. The smallest absolute Gasteiger partial charge is 0.143 e. The zero-order valence-electron chi connectivity index (χ0n) is 11.1. The molecule has 0 radical (unpaired) electrons. The summed E-state index contributed by atoms with van der Waals surface area (Å²) in [6.07, 6.45) is 0. The van der Waals surface area contributed by atoms with Crippen molar-refractivity contribution in [3.63, 3.8) is 0 Å². The Morgan fingerprint density at radius 2 is 1.55 bits per heavy atom. The maximum atomic E-state index is 9.93. The van der Waals surface area contributed by atoms with Gasteiger partial charge in [0.15, 0.2) is 0 Å². The molecule has 1 N–H and O–H groups in total. The molecule has 0 bridgehead atoms. The van der Waals surface area contributed by atoms with E-state index in [9.17, 15) is 5.11 Å². The Hall–Kier alpha value is -2.76. The van der Waals surface area contributed by atoms with Crippen molar-refractivity contribution in [2.75, 3.05) is 14.2 Å². The van der Waals surface area contributed by atoms with E-state index >= 15 is 0 Å². The molecule has 0 aliphatic rings. The molecule has 20 heavy (non-hydrogen) atoms. The Labute approximate surface area is 115 Å². The lowest BCUT2D eigenvalue weighted by atomic mass is 10.3. The van der Waals surface area contributed by atoms with Gasteiger partial charge in [-0.3, -0.25) is 0 Å². The number of hydrogen-bond donors (Lipinski definition) is 1. The molecule has 1 aromatic heterocycles. The number of benzene rings is 2. The highest BCUT2D eigenvalue weighted by atomic mass is 16.5. The summed E-state index contributed by atoms with van der Waals surface area (Å²) in [5, 5.41) is 18.6. The van der Waals surface area contributed by atoms with E-state index in [0.717, 1.165) is 0 Å². The van der Waals surface area contributed by atoms with Gasteiger partial charge in [-0.15, -0.1) is 15.0 Å². The van der Waals surface area contributed by atoms with E-state index in [0.29, 0.717) is 28.2 Å². The molecule has 3 aromatic rings. The predicted molar refractivity (Wildman–Crippen MR) is 73.6 cm³/mol. The second-order valence-electron chi connectivity index (χ2n) is 4.20. The Morgan fingerprint density at radius 1 is 0.900 bits per heavy atom. The first-order valence-electron chi connectivity index (χ1n) is 6.00. The SMILES string of the molecule is COc1ccc(O)c(-n2nc3ccc(OC)cc3n2)c1. The minimum absolute atomic E-state index is 0.0815. The third kappa shape index (κ3) is 2.01. The molecule has 3 rings (SSSR count). The van der Waals surface area contributed by atoms with Gasteiger partial charge in [0.2, 0.25) is 0 Å². The van der Waals surface area contributed by atoms with E-state index in [4.69, 9.17) is 9.47 Å². The Bertz CT molecular complexity index is 767. The second kappa shape index (κ2) is 4.73. The largest absolute Gasteiger partial charge is 0.506 e. The van der Waals surface area contributed by atoms with Crippen LogP contribution in [0.5, 0.6) is 17.2 Å². The van der Waals surface area contributed by atoms with Gasteiger partial charge in [0.25, 0.3) is 0 Å². The molecule has 0 saturated heterocycles. The average Bonchev–Trinajstić information content (AvgIpc) is 2.90. The van der Waals surface area contributed by atoms with Crippen LogP contribution in [-0.4, -0.2) is 34.3 Å². The molecule has 0 aliphatic carbocycles. The Kier molecular flexibility index (Phi) is 2.90. The van der Waals surface area contributed by atoms with Gasteiger partial charge >= 0.3 is 0 Å². The highest BCUT2D eigenvalue weighted by Crippen LogP contribution is 2.27. The van der Waals surface area contributed by atoms with Crippen molar-refractivity contribution < 1.29 is 14.6 Å². The van der Waals surface area contributed by atoms with Crippen LogP contribution in [0, 0.1) is 0 Å². The molecule has 0 aliphatic heterocycles. The number of phenols is 1. The molecule has 0 atom stereocenters. The van der Waals surface area contributed by atoms with Crippen molar-refractivity contribution in [3.05, 3.63) is 36.4 Å². The fourth-order valence-corrected chi connectivity index (χ4v) is 1.92. The summed E-state index contributed by atoms with van der Waals surface area (Å²) >= 11 is 0. The summed E-state index contributed by atoms with van der Waals surface area (Å²) in [5.74, 6) is 1.41. The van der Waals surface area contributed by atoms with Gasteiger partial charge in [-0.1, -0.05) is 0 Å². The molecule has 0 saturated carbocycles. The van der Waals surface area contributed by atoms with Gasteiger partial charge in [-0.2, -0.15) is 0 Å². The minimum Gasteiger partial charge on any atom is -0.506 e. The molecule has 0 unspecified atom stereocenters. The van der Waals surface area contributed by atoms with E-state index in [2.05, 4.69) is 10.2 Å². The van der Waals surface area contributed by atoms with E-state index in [1.54, 1.807) is 38.5 Å². The second-order valence-corrected chi connectivity index (χ2v) is 4.20. The first kappa shape index (κ1) is 12.3. The van der Waals surface area contributed by atoms with Gasteiger partial charge in [-0.25, -0.2) is 0 Å². The number of nitrogens with zero attached hydrogens (tertiary/aromatic N) is 3. The maximum Gasteiger partial charge on any atom is 0.143 e. The van der Waals surface area contributed by atoms with Gasteiger partial charge in [0.05, 0.1) is 14.2 Å². The van der Waals surface area contributed by atoms with Crippen LogP contribution in [0.2, 0.25) is 0 Å². The van der Waals surface area contributed by atoms with Crippen molar-refractivity contribution in [1.82, 2.24) is 15.0 Å². The van der Waals surface area contributed by atoms with Crippen molar-refractivity contribution in [3.8, 4) is 22.9 Å². The zero-order valence-corrected chi connectivity index (χ0v) is 11.1. The molecule has 6 heteroatoms. The highest BCUT2D eigenvalue weighted by Gasteiger charge is 2.10. The average molecular weight is 271 g/mol. The van der Waals surface area contributed by atoms with Crippen molar-refractivity contribution >= 4 is 11.0 Å². The van der Waals surface area contributed by atoms with Crippen LogP contribution < -0.4 is 9.47 Å². The first-order chi connectivity index (χ1) is 9.71. The minimum atomic E-state index is 0.0815. The van der Waals surface area contributed by atoms with Crippen LogP contribution in [0.4, 0.5) is 0 Å². The van der Waals surface area contributed by atoms with Gasteiger partial charge in [-0.05, 0) is 24.3 Å². The maximum absolute atomic E-state index is 9.93. The molecule has 102 valence electrons.